The van der Waals surface area contributed by atoms with E-state index in [1.54, 1.807) is 0 Å². The molecule has 2 nitrogen and oxygen atoms in total. The van der Waals surface area contributed by atoms with Gasteiger partial charge in [0.15, 0.2) is 0 Å². The Morgan fingerprint density at radius 1 is 1.53 bits per heavy atom. The lowest BCUT2D eigenvalue weighted by Gasteiger charge is -2.11. The fourth-order valence-electron chi connectivity index (χ4n) is 1.20. The molecule has 0 aliphatic carbocycles. The fraction of sp³-hybridized carbons (Fsp3) is 0.417. The van der Waals surface area contributed by atoms with E-state index in [1.165, 1.54) is 0 Å². The minimum absolute atomic E-state index is 0.0000463. The van der Waals surface area contributed by atoms with E-state index in [0.717, 1.165) is 22.0 Å². The minimum atomic E-state index is -0.0000463. The highest BCUT2D eigenvalue weighted by Crippen LogP contribution is 2.17. The third-order valence-corrected chi connectivity index (χ3v) is 3.30. The molecule has 0 fully saturated rings. The number of nitrogens with one attached hydrogen (secondary N) is 1. The minimum Gasteiger partial charge on any atom is -0.350 e. The third kappa shape index (κ3) is 3.34. The number of aryl methyl sites for hydroxylation is 1. The Morgan fingerprint density at radius 3 is 2.73 bits per heavy atom. The second kappa shape index (κ2) is 5.31. The fourth-order valence-corrected chi connectivity index (χ4v) is 1.44. The van der Waals surface area contributed by atoms with Crippen molar-refractivity contribution >= 4 is 21.8 Å². The smallest absolute Gasteiger partial charge is 0.251 e. The first-order chi connectivity index (χ1) is 7.04. The first kappa shape index (κ1) is 12.2. The van der Waals surface area contributed by atoms with Crippen LogP contribution in [0, 0.1) is 6.92 Å². The predicted octanol–water partition coefficient (Wildman–Crippen LogP) is 3.29. The van der Waals surface area contributed by atoms with Gasteiger partial charge in [-0.3, -0.25) is 4.79 Å². The molecule has 1 aromatic rings. The van der Waals surface area contributed by atoms with Crippen LogP contribution >= 0.6 is 15.9 Å². The molecule has 1 unspecified atom stereocenters. The Bertz CT molecular complexity index is 363. The topological polar surface area (TPSA) is 29.1 Å². The van der Waals surface area contributed by atoms with Crippen LogP contribution in [-0.2, 0) is 0 Å². The molecule has 0 bridgehead atoms. The quantitative estimate of drug-likeness (QED) is 0.897. The van der Waals surface area contributed by atoms with Crippen LogP contribution in [0.2, 0.25) is 0 Å². The second-order valence-electron chi connectivity index (χ2n) is 3.75. The van der Waals surface area contributed by atoms with Crippen molar-refractivity contribution in [2.24, 2.45) is 0 Å². The van der Waals surface area contributed by atoms with E-state index in [0.29, 0.717) is 0 Å². The summed E-state index contributed by atoms with van der Waals surface area (Å²) in [4.78, 5) is 11.8. The van der Waals surface area contributed by atoms with Crippen molar-refractivity contribution in [3.05, 3.63) is 33.8 Å². The number of amides is 1. The highest BCUT2D eigenvalue weighted by molar-refractivity contribution is 9.10. The Morgan fingerprint density at radius 2 is 2.20 bits per heavy atom. The second-order valence-corrected chi connectivity index (χ2v) is 4.60. The Labute approximate surface area is 99.2 Å². The zero-order valence-corrected chi connectivity index (χ0v) is 10.9. The molecule has 82 valence electrons. The van der Waals surface area contributed by atoms with Gasteiger partial charge in [0, 0.05) is 16.1 Å². The molecule has 0 radical (unpaired) electrons. The van der Waals surface area contributed by atoms with E-state index in [2.05, 4.69) is 28.2 Å². The van der Waals surface area contributed by atoms with Crippen LogP contribution in [0.5, 0.6) is 0 Å². The van der Waals surface area contributed by atoms with Crippen LogP contribution in [0.25, 0.3) is 0 Å². The van der Waals surface area contributed by atoms with Gasteiger partial charge in [-0.05, 0) is 44.0 Å². The lowest BCUT2D eigenvalue weighted by Crippen LogP contribution is -2.31. The molecule has 0 saturated carbocycles. The largest absolute Gasteiger partial charge is 0.350 e. The van der Waals surface area contributed by atoms with E-state index >= 15 is 0 Å². The molecule has 0 aliphatic rings. The maximum atomic E-state index is 11.8. The average Bonchev–Trinajstić information content (AvgIpc) is 2.21. The SMILES string of the molecule is CCC(C)NC(=O)c1ccc(Br)c(C)c1. The maximum Gasteiger partial charge on any atom is 0.251 e. The summed E-state index contributed by atoms with van der Waals surface area (Å²) in [5, 5.41) is 2.94. The number of carbonyl (C=O) groups is 1. The highest BCUT2D eigenvalue weighted by Gasteiger charge is 2.08. The first-order valence-corrected chi connectivity index (χ1v) is 5.91. The Balaban J connectivity index is 2.78. The van der Waals surface area contributed by atoms with E-state index < -0.39 is 0 Å². The Hall–Kier alpha value is -0.830. The summed E-state index contributed by atoms with van der Waals surface area (Å²) in [5.41, 5.74) is 1.79. The van der Waals surface area contributed by atoms with Crippen molar-refractivity contribution in [3.8, 4) is 0 Å². The molecule has 0 heterocycles. The highest BCUT2D eigenvalue weighted by atomic mass is 79.9. The lowest BCUT2D eigenvalue weighted by atomic mass is 10.1. The summed E-state index contributed by atoms with van der Waals surface area (Å²) in [6, 6.07) is 5.85. The third-order valence-electron chi connectivity index (χ3n) is 2.41. The summed E-state index contributed by atoms with van der Waals surface area (Å²) in [6.45, 7) is 6.03. The molecular weight excluding hydrogens is 254 g/mol. The first-order valence-electron chi connectivity index (χ1n) is 5.11. The molecule has 0 aromatic heterocycles. The molecule has 1 N–H and O–H groups in total. The summed E-state index contributed by atoms with van der Waals surface area (Å²) < 4.78 is 1.03. The van der Waals surface area contributed by atoms with E-state index in [1.807, 2.05) is 32.0 Å². The molecule has 1 amide bonds. The van der Waals surface area contributed by atoms with Crippen molar-refractivity contribution in [1.82, 2.24) is 5.32 Å². The molecule has 0 aliphatic heterocycles. The van der Waals surface area contributed by atoms with Gasteiger partial charge in [0.2, 0.25) is 0 Å². The monoisotopic (exact) mass is 269 g/mol. The molecule has 1 rings (SSSR count). The molecule has 0 spiro atoms. The number of hydrogen-bond acceptors (Lipinski definition) is 1. The summed E-state index contributed by atoms with van der Waals surface area (Å²) in [7, 11) is 0. The zero-order chi connectivity index (χ0) is 11.4. The normalized spacial score (nSPS) is 12.3. The molecule has 3 heteroatoms. The molecule has 1 atom stereocenters. The lowest BCUT2D eigenvalue weighted by molar-refractivity contribution is 0.0939. The number of hydrogen-bond donors (Lipinski definition) is 1. The number of carbonyl (C=O) groups excluding carboxylic acids is 1. The van der Waals surface area contributed by atoms with Crippen LogP contribution in [0.1, 0.15) is 36.2 Å². The number of benzene rings is 1. The van der Waals surface area contributed by atoms with E-state index in [4.69, 9.17) is 0 Å². The van der Waals surface area contributed by atoms with Crippen LogP contribution in [0.15, 0.2) is 22.7 Å². The number of halogens is 1. The van der Waals surface area contributed by atoms with Gasteiger partial charge < -0.3 is 5.32 Å². The van der Waals surface area contributed by atoms with Gasteiger partial charge in [0.05, 0.1) is 0 Å². The molecule has 15 heavy (non-hydrogen) atoms. The van der Waals surface area contributed by atoms with Gasteiger partial charge in [-0.25, -0.2) is 0 Å². The van der Waals surface area contributed by atoms with Gasteiger partial charge in [-0.1, -0.05) is 22.9 Å². The zero-order valence-electron chi connectivity index (χ0n) is 9.30. The standard InChI is InChI=1S/C12H16BrNO/c1-4-9(3)14-12(15)10-5-6-11(13)8(2)7-10/h5-7,9H,4H2,1-3H3,(H,14,15). The molecular formula is C12H16BrNO. The van der Waals surface area contributed by atoms with Crippen molar-refractivity contribution in [2.75, 3.05) is 0 Å². The maximum absolute atomic E-state index is 11.8. The van der Waals surface area contributed by atoms with Crippen LogP contribution in [0.3, 0.4) is 0 Å². The van der Waals surface area contributed by atoms with Gasteiger partial charge in [-0.15, -0.1) is 0 Å². The van der Waals surface area contributed by atoms with Crippen LogP contribution < -0.4 is 5.32 Å². The summed E-state index contributed by atoms with van der Waals surface area (Å²) in [6.07, 6.45) is 0.946. The van der Waals surface area contributed by atoms with Gasteiger partial charge in [-0.2, -0.15) is 0 Å². The van der Waals surface area contributed by atoms with Crippen LogP contribution in [-0.4, -0.2) is 11.9 Å². The summed E-state index contributed by atoms with van der Waals surface area (Å²) in [5.74, 6) is -0.0000463. The Kier molecular flexibility index (Phi) is 4.33. The molecule has 1 aromatic carbocycles. The van der Waals surface area contributed by atoms with Crippen molar-refractivity contribution < 1.29 is 4.79 Å². The number of rotatable bonds is 3. The average molecular weight is 270 g/mol. The molecule has 0 saturated heterocycles. The van der Waals surface area contributed by atoms with Crippen LogP contribution in [0.4, 0.5) is 0 Å². The van der Waals surface area contributed by atoms with Crippen molar-refractivity contribution in [3.63, 3.8) is 0 Å². The predicted molar refractivity (Wildman–Crippen MR) is 66.1 cm³/mol. The van der Waals surface area contributed by atoms with Gasteiger partial charge >= 0.3 is 0 Å². The van der Waals surface area contributed by atoms with Gasteiger partial charge in [0.25, 0.3) is 5.91 Å². The van der Waals surface area contributed by atoms with Gasteiger partial charge in [0.1, 0.15) is 0 Å². The van der Waals surface area contributed by atoms with E-state index in [-0.39, 0.29) is 11.9 Å². The van der Waals surface area contributed by atoms with Crippen molar-refractivity contribution in [1.29, 1.82) is 0 Å². The van der Waals surface area contributed by atoms with E-state index in [9.17, 15) is 4.79 Å². The van der Waals surface area contributed by atoms with Crippen molar-refractivity contribution in [2.45, 2.75) is 33.2 Å². The summed E-state index contributed by atoms with van der Waals surface area (Å²) >= 11 is 3.41.